The summed E-state index contributed by atoms with van der Waals surface area (Å²) in [4.78, 5) is 28.0. The molecule has 0 amide bonds. The van der Waals surface area contributed by atoms with E-state index in [1.165, 1.54) is 31.4 Å². The molecule has 0 aromatic heterocycles. The fourth-order valence-electron chi connectivity index (χ4n) is 2.69. The van der Waals surface area contributed by atoms with E-state index in [-0.39, 0.29) is 29.0 Å². The molecule has 0 N–H and O–H groups in total. The second-order valence-electron chi connectivity index (χ2n) is 6.42. The molecule has 2 aromatic rings. The molecule has 0 saturated heterocycles. The Morgan fingerprint density at radius 1 is 1.21 bits per heavy atom. The Bertz CT molecular complexity index is 1020. The Kier molecular flexibility index (Phi) is 4.65. The van der Waals surface area contributed by atoms with Crippen molar-refractivity contribution in [3.05, 3.63) is 65.1 Å². The fraction of sp³-hybridized carbons (Fsp3) is 0.190. The molecule has 6 nitrogen and oxygen atoms in total. The lowest BCUT2D eigenvalue weighted by Gasteiger charge is -2.09. The number of ether oxygens (including phenoxy) is 3. The summed E-state index contributed by atoms with van der Waals surface area (Å²) in [5.74, 6) is -0.940. The molecule has 1 fully saturated rings. The molecular weight excluding hydrogens is 365 g/mol. The van der Waals surface area contributed by atoms with Gasteiger partial charge in [-0.25, -0.2) is 14.2 Å². The zero-order chi connectivity index (χ0) is 19.7. The lowest BCUT2D eigenvalue weighted by atomic mass is 10.1. The van der Waals surface area contributed by atoms with Gasteiger partial charge in [-0.15, -0.1) is 0 Å². The standard InChI is InChI=1S/C21H16FNO5/c1-26-18-11-12(6-9-17(18)27-20(24)13-7-8-13)10-16-21(25)28-19(23-16)14-4-2-3-5-15(14)22/h2-6,9-11,13H,7-8H2,1H3/b16-10-. The summed E-state index contributed by atoms with van der Waals surface area (Å²) in [5.41, 5.74) is 0.732. The van der Waals surface area contributed by atoms with E-state index in [0.29, 0.717) is 17.1 Å². The predicted octanol–water partition coefficient (Wildman–Crippen LogP) is 3.49. The number of nitrogens with zero attached hydrogens (tertiary/aromatic N) is 1. The number of hydrogen-bond donors (Lipinski definition) is 0. The van der Waals surface area contributed by atoms with Crippen molar-refractivity contribution < 1.29 is 28.2 Å². The third-order valence-electron chi connectivity index (χ3n) is 4.34. The van der Waals surface area contributed by atoms with Crippen LogP contribution in [-0.4, -0.2) is 24.9 Å². The van der Waals surface area contributed by atoms with Crippen molar-refractivity contribution in [1.82, 2.24) is 0 Å². The van der Waals surface area contributed by atoms with E-state index >= 15 is 0 Å². The molecule has 2 aliphatic rings. The molecule has 1 saturated carbocycles. The normalized spacial score (nSPS) is 17.3. The molecule has 1 aliphatic heterocycles. The Morgan fingerprint density at radius 3 is 2.71 bits per heavy atom. The van der Waals surface area contributed by atoms with Gasteiger partial charge in [-0.3, -0.25) is 4.79 Å². The van der Waals surface area contributed by atoms with E-state index in [1.54, 1.807) is 24.3 Å². The number of esters is 2. The minimum atomic E-state index is -0.679. The van der Waals surface area contributed by atoms with Gasteiger partial charge in [-0.2, -0.15) is 0 Å². The van der Waals surface area contributed by atoms with Crippen molar-refractivity contribution >= 4 is 23.9 Å². The minimum absolute atomic E-state index is 0.0306. The van der Waals surface area contributed by atoms with Crippen LogP contribution in [0.25, 0.3) is 6.08 Å². The van der Waals surface area contributed by atoms with Crippen LogP contribution >= 0.6 is 0 Å². The number of hydrogen-bond acceptors (Lipinski definition) is 6. The molecule has 2 aromatic carbocycles. The van der Waals surface area contributed by atoms with E-state index in [4.69, 9.17) is 14.2 Å². The number of methoxy groups -OCH3 is 1. The van der Waals surface area contributed by atoms with Crippen LogP contribution in [0.15, 0.2) is 53.2 Å². The smallest absolute Gasteiger partial charge is 0.363 e. The fourth-order valence-corrected chi connectivity index (χ4v) is 2.69. The predicted molar refractivity (Wildman–Crippen MR) is 98.4 cm³/mol. The molecule has 142 valence electrons. The molecule has 0 unspecified atom stereocenters. The van der Waals surface area contributed by atoms with Crippen LogP contribution in [0.1, 0.15) is 24.0 Å². The average molecular weight is 381 g/mol. The number of aliphatic imine (C=N–C) groups is 1. The third-order valence-corrected chi connectivity index (χ3v) is 4.34. The molecule has 7 heteroatoms. The Balaban J connectivity index is 1.60. The lowest BCUT2D eigenvalue weighted by molar-refractivity contribution is -0.136. The van der Waals surface area contributed by atoms with E-state index in [1.807, 2.05) is 0 Å². The summed E-state index contributed by atoms with van der Waals surface area (Å²) < 4.78 is 29.6. The molecule has 1 aliphatic carbocycles. The van der Waals surface area contributed by atoms with Crippen molar-refractivity contribution in [1.29, 1.82) is 0 Å². The molecule has 0 bridgehead atoms. The summed E-state index contributed by atoms with van der Waals surface area (Å²) in [6, 6.07) is 10.8. The monoisotopic (exact) mass is 381 g/mol. The molecule has 0 atom stereocenters. The first-order chi connectivity index (χ1) is 13.5. The van der Waals surface area contributed by atoms with Crippen molar-refractivity contribution in [2.75, 3.05) is 7.11 Å². The van der Waals surface area contributed by atoms with Gasteiger partial charge < -0.3 is 14.2 Å². The largest absolute Gasteiger partial charge is 0.493 e. The summed E-state index contributed by atoms with van der Waals surface area (Å²) >= 11 is 0. The number of benzene rings is 2. The van der Waals surface area contributed by atoms with Gasteiger partial charge >= 0.3 is 11.9 Å². The Morgan fingerprint density at radius 2 is 2.00 bits per heavy atom. The number of halogens is 1. The molecular formula is C21H16FNO5. The highest BCUT2D eigenvalue weighted by Crippen LogP contribution is 2.34. The van der Waals surface area contributed by atoms with Gasteiger partial charge in [-0.1, -0.05) is 18.2 Å². The average Bonchev–Trinajstić information content (AvgIpc) is 3.48. The maximum Gasteiger partial charge on any atom is 0.363 e. The van der Waals surface area contributed by atoms with Gasteiger partial charge in [0.25, 0.3) is 0 Å². The zero-order valence-electron chi connectivity index (χ0n) is 15.0. The van der Waals surface area contributed by atoms with E-state index in [9.17, 15) is 14.0 Å². The van der Waals surface area contributed by atoms with Gasteiger partial charge in [0.15, 0.2) is 17.2 Å². The number of carbonyl (C=O) groups is 2. The van der Waals surface area contributed by atoms with Crippen LogP contribution in [0, 0.1) is 11.7 Å². The second-order valence-corrected chi connectivity index (χ2v) is 6.42. The third kappa shape index (κ3) is 3.64. The van der Waals surface area contributed by atoms with Crippen LogP contribution in [-0.2, 0) is 14.3 Å². The van der Waals surface area contributed by atoms with Crippen LogP contribution in [0.5, 0.6) is 11.5 Å². The zero-order valence-corrected chi connectivity index (χ0v) is 15.0. The maximum absolute atomic E-state index is 13.9. The number of carbonyl (C=O) groups excluding carboxylic acids is 2. The highest BCUT2D eigenvalue weighted by Gasteiger charge is 2.32. The minimum Gasteiger partial charge on any atom is -0.493 e. The maximum atomic E-state index is 13.9. The van der Waals surface area contributed by atoms with Gasteiger partial charge in [0.05, 0.1) is 18.6 Å². The van der Waals surface area contributed by atoms with Crippen molar-refractivity contribution in [3.8, 4) is 11.5 Å². The van der Waals surface area contributed by atoms with Gasteiger partial charge in [-0.05, 0) is 48.7 Å². The molecule has 4 rings (SSSR count). The number of rotatable bonds is 5. The lowest BCUT2D eigenvalue weighted by Crippen LogP contribution is -2.10. The number of cyclic esters (lactones) is 1. The molecule has 0 spiro atoms. The summed E-state index contributed by atoms with van der Waals surface area (Å²) in [6.45, 7) is 0. The van der Waals surface area contributed by atoms with Crippen LogP contribution in [0.2, 0.25) is 0 Å². The highest BCUT2D eigenvalue weighted by molar-refractivity contribution is 6.13. The van der Waals surface area contributed by atoms with Gasteiger partial charge in [0.1, 0.15) is 5.82 Å². The van der Waals surface area contributed by atoms with Crippen molar-refractivity contribution in [2.45, 2.75) is 12.8 Å². The van der Waals surface area contributed by atoms with Crippen LogP contribution in [0.4, 0.5) is 4.39 Å². The van der Waals surface area contributed by atoms with Crippen LogP contribution in [0.3, 0.4) is 0 Å². The quantitative estimate of drug-likeness (QED) is 0.450. The first kappa shape index (κ1) is 17.9. The van der Waals surface area contributed by atoms with E-state index < -0.39 is 11.8 Å². The summed E-state index contributed by atoms with van der Waals surface area (Å²) in [5, 5.41) is 0. The Labute approximate surface area is 160 Å². The van der Waals surface area contributed by atoms with E-state index in [2.05, 4.69) is 4.99 Å². The van der Waals surface area contributed by atoms with Crippen molar-refractivity contribution in [2.24, 2.45) is 10.9 Å². The first-order valence-corrected chi connectivity index (χ1v) is 8.72. The summed E-state index contributed by atoms with van der Waals surface area (Å²) in [7, 11) is 1.46. The second kappa shape index (κ2) is 7.26. The van der Waals surface area contributed by atoms with E-state index in [0.717, 1.165) is 12.8 Å². The van der Waals surface area contributed by atoms with Crippen LogP contribution < -0.4 is 9.47 Å². The SMILES string of the molecule is COc1cc(/C=C2\N=C(c3ccccc3F)OC2=O)ccc1OC(=O)C1CC1. The Hall–Kier alpha value is -3.48. The summed E-state index contributed by atoms with van der Waals surface area (Å²) in [6.07, 6.45) is 3.18. The van der Waals surface area contributed by atoms with Crippen molar-refractivity contribution in [3.63, 3.8) is 0 Å². The van der Waals surface area contributed by atoms with Gasteiger partial charge in [0, 0.05) is 0 Å². The first-order valence-electron chi connectivity index (χ1n) is 8.72. The van der Waals surface area contributed by atoms with Gasteiger partial charge in [0.2, 0.25) is 5.90 Å². The molecule has 1 heterocycles. The molecule has 28 heavy (non-hydrogen) atoms. The highest BCUT2D eigenvalue weighted by atomic mass is 19.1. The topological polar surface area (TPSA) is 74.2 Å². The molecule has 0 radical (unpaired) electrons.